The van der Waals surface area contributed by atoms with Gasteiger partial charge in [0.1, 0.15) is 22.5 Å². The van der Waals surface area contributed by atoms with E-state index in [-0.39, 0.29) is 0 Å². The Morgan fingerprint density at radius 3 is 2.77 bits per heavy atom. The van der Waals surface area contributed by atoms with E-state index in [0.717, 1.165) is 73.0 Å². The maximum Gasteiger partial charge on any atom is 0.244 e. The third kappa shape index (κ3) is 3.78. The Bertz CT molecular complexity index is 1060. The maximum atomic E-state index is 12.3. The molecule has 0 unspecified atom stereocenters. The Kier molecular flexibility index (Phi) is 5.37. The van der Waals surface area contributed by atoms with Crippen LogP contribution in [0.5, 0.6) is 0 Å². The van der Waals surface area contributed by atoms with Crippen molar-refractivity contribution < 1.29 is 9.53 Å². The molecule has 1 aliphatic heterocycles. The summed E-state index contributed by atoms with van der Waals surface area (Å²) in [5.41, 5.74) is 7.93. The van der Waals surface area contributed by atoms with E-state index in [0.29, 0.717) is 6.54 Å². The number of morpholine rings is 1. The lowest BCUT2D eigenvalue weighted by molar-refractivity contribution is -0.118. The Hall–Kier alpha value is -2.55. The quantitative estimate of drug-likeness (QED) is 0.633. The van der Waals surface area contributed by atoms with Gasteiger partial charge in [-0.1, -0.05) is 30.3 Å². The fourth-order valence-corrected chi connectivity index (χ4v) is 5.56. The van der Waals surface area contributed by atoms with Crippen molar-refractivity contribution in [2.75, 3.05) is 31.6 Å². The van der Waals surface area contributed by atoms with Gasteiger partial charge in [-0.2, -0.15) is 0 Å². The van der Waals surface area contributed by atoms with E-state index in [4.69, 9.17) is 20.4 Å². The topological polar surface area (TPSA) is 93.4 Å². The summed E-state index contributed by atoms with van der Waals surface area (Å²) in [6.45, 7) is 3.89. The molecule has 3 heterocycles. The average Bonchev–Trinajstić information content (AvgIpc) is 3.34. The van der Waals surface area contributed by atoms with Crippen molar-refractivity contribution in [1.82, 2.24) is 14.9 Å². The summed E-state index contributed by atoms with van der Waals surface area (Å²) in [4.78, 5) is 26.8. The van der Waals surface area contributed by atoms with Crippen LogP contribution in [0.25, 0.3) is 10.2 Å². The first-order valence-corrected chi connectivity index (χ1v) is 11.2. The predicted octanol–water partition coefficient (Wildman–Crippen LogP) is 2.65. The predicted molar refractivity (Wildman–Crippen MR) is 118 cm³/mol. The maximum absolute atomic E-state index is 12.3. The van der Waals surface area contributed by atoms with Gasteiger partial charge < -0.3 is 15.8 Å². The zero-order valence-corrected chi connectivity index (χ0v) is 17.6. The number of hydrogen-bond acceptors (Lipinski definition) is 7. The molecule has 1 saturated heterocycles. The van der Waals surface area contributed by atoms with Crippen LogP contribution in [-0.4, -0.2) is 47.1 Å². The molecule has 8 heteroatoms. The molecule has 1 atom stereocenters. The summed E-state index contributed by atoms with van der Waals surface area (Å²) in [5.74, 6) is 1.06. The average molecular weight is 424 g/mol. The molecule has 0 bridgehead atoms. The monoisotopic (exact) mass is 423 g/mol. The molecule has 0 radical (unpaired) electrons. The number of aromatic nitrogens is 2. The van der Waals surface area contributed by atoms with Gasteiger partial charge in [0.15, 0.2) is 0 Å². The van der Waals surface area contributed by atoms with E-state index in [1.165, 1.54) is 10.4 Å². The number of nitrogens with zero attached hydrogens (tertiary/aromatic N) is 3. The van der Waals surface area contributed by atoms with Crippen LogP contribution < -0.4 is 11.1 Å². The van der Waals surface area contributed by atoms with Gasteiger partial charge in [0.05, 0.1) is 25.1 Å². The first kappa shape index (κ1) is 19.4. The van der Waals surface area contributed by atoms with E-state index < -0.39 is 11.9 Å². The highest BCUT2D eigenvalue weighted by atomic mass is 32.1. The smallest absolute Gasteiger partial charge is 0.244 e. The number of fused-ring (bicyclic) bond motifs is 3. The summed E-state index contributed by atoms with van der Waals surface area (Å²) in [7, 11) is 0. The van der Waals surface area contributed by atoms with E-state index >= 15 is 0 Å². The van der Waals surface area contributed by atoms with Gasteiger partial charge in [0.2, 0.25) is 5.91 Å². The second-order valence-corrected chi connectivity index (χ2v) is 8.89. The highest BCUT2D eigenvalue weighted by molar-refractivity contribution is 7.19. The molecule has 1 aliphatic carbocycles. The minimum atomic E-state index is -0.641. The summed E-state index contributed by atoms with van der Waals surface area (Å²) in [5, 5.41) is 4.42. The zero-order valence-electron chi connectivity index (χ0n) is 16.8. The Morgan fingerprint density at radius 1 is 1.20 bits per heavy atom. The lowest BCUT2D eigenvalue weighted by Gasteiger charge is -2.26. The molecule has 30 heavy (non-hydrogen) atoms. The van der Waals surface area contributed by atoms with Crippen LogP contribution >= 0.6 is 11.3 Å². The first-order chi connectivity index (χ1) is 14.7. The number of benzene rings is 1. The molecular weight excluding hydrogens is 398 g/mol. The number of aryl methyl sites for hydroxylation is 2. The number of primary amides is 1. The van der Waals surface area contributed by atoms with E-state index in [9.17, 15) is 4.79 Å². The normalized spacial score (nSPS) is 17.7. The van der Waals surface area contributed by atoms with Crippen LogP contribution in [0.15, 0.2) is 30.3 Å². The van der Waals surface area contributed by atoms with Crippen LogP contribution in [0.1, 0.15) is 34.3 Å². The molecule has 1 fully saturated rings. The Morgan fingerprint density at radius 2 is 2.00 bits per heavy atom. The van der Waals surface area contributed by atoms with Crippen LogP contribution in [0.3, 0.4) is 0 Å². The molecule has 0 spiro atoms. The van der Waals surface area contributed by atoms with Gasteiger partial charge in [-0.3, -0.25) is 9.69 Å². The van der Waals surface area contributed by atoms with Gasteiger partial charge in [0.25, 0.3) is 0 Å². The summed E-state index contributed by atoms with van der Waals surface area (Å²) >= 11 is 1.76. The fourth-order valence-electron chi connectivity index (χ4n) is 4.28. The first-order valence-electron chi connectivity index (χ1n) is 10.4. The summed E-state index contributed by atoms with van der Waals surface area (Å²) in [6, 6.07) is 8.93. The van der Waals surface area contributed by atoms with E-state index in [1.54, 1.807) is 11.3 Å². The lowest BCUT2D eigenvalue weighted by Crippen LogP contribution is -2.36. The third-order valence-corrected chi connectivity index (χ3v) is 6.96. The molecule has 3 aromatic rings. The number of nitrogens with two attached hydrogens (primary N) is 1. The lowest BCUT2D eigenvalue weighted by atomic mass is 10.1. The molecule has 0 saturated carbocycles. The summed E-state index contributed by atoms with van der Waals surface area (Å²) in [6.07, 6.45) is 3.28. The molecular formula is C22H25N5O2S. The van der Waals surface area contributed by atoms with Gasteiger partial charge in [-0.25, -0.2) is 9.97 Å². The number of carbonyl (C=O) groups is 1. The molecule has 156 valence electrons. The van der Waals surface area contributed by atoms with Crippen molar-refractivity contribution in [1.29, 1.82) is 0 Å². The van der Waals surface area contributed by atoms with Crippen molar-refractivity contribution in [2.45, 2.75) is 31.8 Å². The van der Waals surface area contributed by atoms with Crippen molar-refractivity contribution in [2.24, 2.45) is 5.73 Å². The van der Waals surface area contributed by atoms with E-state index in [2.05, 4.69) is 10.2 Å². The van der Waals surface area contributed by atoms with Crippen molar-refractivity contribution in [3.05, 3.63) is 52.2 Å². The highest BCUT2D eigenvalue weighted by Gasteiger charge is 2.26. The van der Waals surface area contributed by atoms with Crippen LogP contribution in [0.4, 0.5) is 5.82 Å². The number of nitrogens with one attached hydrogen (secondary N) is 1. The summed E-state index contributed by atoms with van der Waals surface area (Å²) < 4.78 is 5.46. The third-order valence-electron chi connectivity index (χ3n) is 5.78. The fraction of sp³-hybridized carbons (Fsp3) is 0.409. The van der Waals surface area contributed by atoms with E-state index in [1.807, 2.05) is 30.3 Å². The van der Waals surface area contributed by atoms with Crippen molar-refractivity contribution in [3.8, 4) is 0 Å². The van der Waals surface area contributed by atoms with Crippen molar-refractivity contribution >= 4 is 33.3 Å². The molecule has 2 aromatic heterocycles. The SMILES string of the molecule is NC(=O)[C@@H](Nc1nc(CN2CCOCC2)nc2sc3c(c12)CCC3)c1ccccc1. The second kappa shape index (κ2) is 8.29. The van der Waals surface area contributed by atoms with Crippen LogP contribution in [-0.2, 0) is 28.9 Å². The van der Waals surface area contributed by atoms with Crippen LogP contribution in [0.2, 0.25) is 0 Å². The number of ether oxygens (including phenoxy) is 1. The molecule has 2 aliphatic rings. The van der Waals surface area contributed by atoms with Gasteiger partial charge in [-0.05, 0) is 30.4 Å². The Labute approximate surface area is 179 Å². The van der Waals surface area contributed by atoms with Crippen molar-refractivity contribution in [3.63, 3.8) is 0 Å². The minimum Gasteiger partial charge on any atom is -0.379 e. The molecule has 3 N–H and O–H groups in total. The second-order valence-electron chi connectivity index (χ2n) is 7.80. The minimum absolute atomic E-state index is 0.422. The zero-order chi connectivity index (χ0) is 20.5. The standard InChI is InChI=1S/C22H25N5O2S/c23-20(28)19(14-5-2-1-3-6-14)26-21-18-15-7-4-8-16(15)30-22(18)25-17(24-21)13-27-9-11-29-12-10-27/h1-3,5-6,19H,4,7-13H2,(H2,23,28)(H,24,25,26)/t19-/m0/s1. The molecule has 1 amide bonds. The molecule has 1 aromatic carbocycles. The number of amides is 1. The Balaban J connectivity index is 1.55. The molecule has 7 nitrogen and oxygen atoms in total. The number of rotatable bonds is 6. The van der Waals surface area contributed by atoms with Gasteiger partial charge in [0, 0.05) is 18.0 Å². The van der Waals surface area contributed by atoms with Gasteiger partial charge >= 0.3 is 0 Å². The highest BCUT2D eigenvalue weighted by Crippen LogP contribution is 2.40. The van der Waals surface area contributed by atoms with Crippen LogP contribution in [0, 0.1) is 0 Å². The van der Waals surface area contributed by atoms with Gasteiger partial charge in [-0.15, -0.1) is 11.3 Å². The number of carbonyl (C=O) groups excluding carboxylic acids is 1. The molecule has 5 rings (SSSR count). The number of hydrogen-bond donors (Lipinski definition) is 2. The largest absolute Gasteiger partial charge is 0.379 e. The number of anilines is 1. The number of thiophene rings is 1.